The average molecular weight is 327 g/mol. The van der Waals surface area contributed by atoms with E-state index in [0.29, 0.717) is 6.54 Å². The van der Waals surface area contributed by atoms with Crippen LogP contribution >= 0.6 is 0 Å². The summed E-state index contributed by atoms with van der Waals surface area (Å²) in [5.41, 5.74) is 1.68. The summed E-state index contributed by atoms with van der Waals surface area (Å²) in [6.07, 6.45) is 5.33. The van der Waals surface area contributed by atoms with Gasteiger partial charge >= 0.3 is 0 Å². The molecule has 1 aliphatic heterocycles. The number of amides is 2. The molecule has 1 fully saturated rings. The first kappa shape index (κ1) is 16.2. The van der Waals surface area contributed by atoms with Crippen LogP contribution in [-0.2, 0) is 22.7 Å². The van der Waals surface area contributed by atoms with Crippen molar-refractivity contribution in [2.24, 2.45) is 0 Å². The highest BCUT2D eigenvalue weighted by Crippen LogP contribution is 2.31. The maximum absolute atomic E-state index is 12.6. The van der Waals surface area contributed by atoms with Gasteiger partial charge in [0.15, 0.2) is 0 Å². The Labute approximate surface area is 140 Å². The molecule has 2 aromatic rings. The van der Waals surface area contributed by atoms with E-state index in [-0.39, 0.29) is 24.4 Å². The molecule has 0 spiro atoms. The Hall–Kier alpha value is -2.70. The number of nitrogens with one attached hydrogen (secondary N) is 1. The van der Waals surface area contributed by atoms with Crippen LogP contribution in [0.4, 0.5) is 0 Å². The fraction of sp³-hybridized carbons (Fsp3) is 0.412. The molecule has 1 saturated heterocycles. The van der Waals surface area contributed by atoms with Crippen LogP contribution in [0.15, 0.2) is 36.7 Å². The number of rotatable bonds is 5. The Kier molecular flexibility index (Phi) is 4.88. The van der Waals surface area contributed by atoms with E-state index in [1.165, 1.54) is 6.92 Å². The van der Waals surface area contributed by atoms with E-state index in [1.54, 1.807) is 17.1 Å². The maximum Gasteiger partial charge on any atom is 0.244 e. The number of pyridine rings is 1. The molecule has 126 valence electrons. The molecular weight excluding hydrogens is 306 g/mol. The molecule has 3 heterocycles. The highest BCUT2D eigenvalue weighted by molar-refractivity contribution is 5.76. The van der Waals surface area contributed by atoms with Crippen LogP contribution in [0.5, 0.6) is 0 Å². The lowest BCUT2D eigenvalue weighted by atomic mass is 10.1. The van der Waals surface area contributed by atoms with Crippen molar-refractivity contribution >= 4 is 11.8 Å². The minimum atomic E-state index is -0.0842. The first-order valence-corrected chi connectivity index (χ1v) is 8.10. The van der Waals surface area contributed by atoms with Crippen molar-refractivity contribution in [2.75, 3.05) is 6.54 Å². The fourth-order valence-corrected chi connectivity index (χ4v) is 2.99. The SMILES string of the molecule is CC(=O)NCc1cccc([C@H]2CCCN2C(=O)Cn2cccn2)n1. The third-order valence-corrected chi connectivity index (χ3v) is 4.12. The number of carbonyl (C=O) groups is 2. The summed E-state index contributed by atoms with van der Waals surface area (Å²) < 4.78 is 1.64. The summed E-state index contributed by atoms with van der Waals surface area (Å²) in [7, 11) is 0. The predicted molar refractivity (Wildman–Crippen MR) is 87.7 cm³/mol. The Morgan fingerprint density at radius 1 is 1.33 bits per heavy atom. The lowest BCUT2D eigenvalue weighted by Gasteiger charge is -2.24. The Bertz CT molecular complexity index is 714. The molecule has 0 bridgehead atoms. The second kappa shape index (κ2) is 7.25. The van der Waals surface area contributed by atoms with Gasteiger partial charge in [0.1, 0.15) is 6.54 Å². The topological polar surface area (TPSA) is 80.1 Å². The quantitative estimate of drug-likeness (QED) is 0.897. The molecule has 1 atom stereocenters. The van der Waals surface area contributed by atoms with Crippen molar-refractivity contribution < 1.29 is 9.59 Å². The van der Waals surface area contributed by atoms with Gasteiger partial charge in [-0.3, -0.25) is 19.3 Å². The number of aromatic nitrogens is 3. The number of carbonyl (C=O) groups excluding carboxylic acids is 2. The Morgan fingerprint density at radius 3 is 2.96 bits per heavy atom. The number of likely N-dealkylation sites (tertiary alicyclic amines) is 1. The van der Waals surface area contributed by atoms with Gasteiger partial charge in [-0.05, 0) is 31.0 Å². The summed E-state index contributed by atoms with van der Waals surface area (Å²) in [6.45, 7) is 2.87. The first-order valence-electron chi connectivity index (χ1n) is 8.10. The predicted octanol–water partition coefficient (Wildman–Crippen LogP) is 1.28. The summed E-state index contributed by atoms with van der Waals surface area (Å²) >= 11 is 0. The summed E-state index contributed by atoms with van der Waals surface area (Å²) in [5, 5.41) is 6.84. The molecule has 7 nitrogen and oxygen atoms in total. The molecule has 2 amide bonds. The Balaban J connectivity index is 1.71. The van der Waals surface area contributed by atoms with Crippen molar-refractivity contribution in [3.8, 4) is 0 Å². The summed E-state index contributed by atoms with van der Waals surface area (Å²) in [6, 6.07) is 7.55. The van der Waals surface area contributed by atoms with Crippen LogP contribution in [0.25, 0.3) is 0 Å². The van der Waals surface area contributed by atoms with Gasteiger partial charge in [0, 0.05) is 25.9 Å². The number of nitrogens with zero attached hydrogens (tertiary/aromatic N) is 4. The van der Waals surface area contributed by atoms with E-state index >= 15 is 0 Å². The molecular formula is C17H21N5O2. The van der Waals surface area contributed by atoms with Gasteiger partial charge in [0.25, 0.3) is 0 Å². The van der Waals surface area contributed by atoms with Crippen molar-refractivity contribution in [3.05, 3.63) is 48.0 Å². The standard InChI is InChI=1S/C17H21N5O2/c1-13(23)18-11-14-5-2-6-15(20-14)16-7-3-10-22(16)17(24)12-21-9-4-8-19-21/h2,4-6,8-9,16H,3,7,10-12H2,1H3,(H,18,23)/t16-/m1/s1. The van der Waals surface area contributed by atoms with Gasteiger partial charge in [-0.25, -0.2) is 0 Å². The normalized spacial score (nSPS) is 17.0. The van der Waals surface area contributed by atoms with Crippen LogP contribution in [0.2, 0.25) is 0 Å². The first-order chi connectivity index (χ1) is 11.6. The molecule has 0 unspecified atom stereocenters. The van der Waals surface area contributed by atoms with Crippen molar-refractivity contribution in [2.45, 2.75) is 38.9 Å². The number of hydrogen-bond donors (Lipinski definition) is 1. The van der Waals surface area contributed by atoms with Gasteiger partial charge < -0.3 is 10.2 Å². The minimum absolute atomic E-state index is 0.00894. The average Bonchev–Trinajstić information content (AvgIpc) is 3.24. The number of hydrogen-bond acceptors (Lipinski definition) is 4. The van der Waals surface area contributed by atoms with Gasteiger partial charge in [-0.1, -0.05) is 6.07 Å². The van der Waals surface area contributed by atoms with Crippen LogP contribution in [0, 0.1) is 0 Å². The van der Waals surface area contributed by atoms with Crippen molar-refractivity contribution in [3.63, 3.8) is 0 Å². The van der Waals surface area contributed by atoms with E-state index < -0.39 is 0 Å². The molecule has 24 heavy (non-hydrogen) atoms. The van der Waals surface area contributed by atoms with Crippen LogP contribution < -0.4 is 5.32 Å². The van der Waals surface area contributed by atoms with Crippen LogP contribution in [0.3, 0.4) is 0 Å². The van der Waals surface area contributed by atoms with Gasteiger partial charge in [-0.15, -0.1) is 0 Å². The van der Waals surface area contributed by atoms with E-state index in [1.807, 2.05) is 29.2 Å². The smallest absolute Gasteiger partial charge is 0.244 e. The van der Waals surface area contributed by atoms with Gasteiger partial charge in [0.05, 0.1) is 24.0 Å². The Morgan fingerprint density at radius 2 is 2.21 bits per heavy atom. The molecule has 0 aliphatic carbocycles. The second-order valence-electron chi connectivity index (χ2n) is 5.91. The highest BCUT2D eigenvalue weighted by Gasteiger charge is 2.31. The highest BCUT2D eigenvalue weighted by atomic mass is 16.2. The second-order valence-corrected chi connectivity index (χ2v) is 5.91. The molecule has 1 aliphatic rings. The zero-order chi connectivity index (χ0) is 16.9. The third kappa shape index (κ3) is 3.79. The van der Waals surface area contributed by atoms with Crippen LogP contribution in [-0.4, -0.2) is 38.0 Å². The fourth-order valence-electron chi connectivity index (χ4n) is 2.99. The van der Waals surface area contributed by atoms with Crippen molar-refractivity contribution in [1.82, 2.24) is 25.0 Å². The lowest BCUT2D eigenvalue weighted by molar-refractivity contribution is -0.133. The lowest BCUT2D eigenvalue weighted by Crippen LogP contribution is -2.34. The van der Waals surface area contributed by atoms with E-state index in [4.69, 9.17) is 0 Å². The third-order valence-electron chi connectivity index (χ3n) is 4.12. The molecule has 0 saturated carbocycles. The largest absolute Gasteiger partial charge is 0.351 e. The molecule has 7 heteroatoms. The van der Waals surface area contributed by atoms with Gasteiger partial charge in [0.2, 0.25) is 11.8 Å². The zero-order valence-corrected chi connectivity index (χ0v) is 13.7. The molecule has 3 rings (SSSR count). The molecule has 0 aromatic carbocycles. The van der Waals surface area contributed by atoms with E-state index in [0.717, 1.165) is 30.8 Å². The summed E-state index contributed by atoms with van der Waals surface area (Å²) in [4.78, 5) is 30.1. The van der Waals surface area contributed by atoms with Gasteiger partial charge in [-0.2, -0.15) is 5.10 Å². The maximum atomic E-state index is 12.6. The molecule has 1 N–H and O–H groups in total. The van der Waals surface area contributed by atoms with E-state index in [9.17, 15) is 9.59 Å². The summed E-state index contributed by atoms with van der Waals surface area (Å²) in [5.74, 6) is -0.0330. The van der Waals surface area contributed by atoms with Crippen LogP contribution in [0.1, 0.15) is 37.2 Å². The van der Waals surface area contributed by atoms with Crippen molar-refractivity contribution in [1.29, 1.82) is 0 Å². The minimum Gasteiger partial charge on any atom is -0.351 e. The van der Waals surface area contributed by atoms with E-state index in [2.05, 4.69) is 15.4 Å². The molecule has 0 radical (unpaired) electrons. The zero-order valence-electron chi connectivity index (χ0n) is 13.7. The monoisotopic (exact) mass is 327 g/mol. The molecule has 2 aromatic heterocycles.